The summed E-state index contributed by atoms with van der Waals surface area (Å²) in [6.45, 7) is 1.86. The Morgan fingerprint density at radius 3 is 2.67 bits per heavy atom. The Kier molecular flexibility index (Phi) is 3.53. The van der Waals surface area contributed by atoms with Gasteiger partial charge in [0.15, 0.2) is 0 Å². The molecule has 3 nitrogen and oxygen atoms in total. The Labute approximate surface area is 110 Å². The van der Waals surface area contributed by atoms with Crippen molar-refractivity contribution in [1.82, 2.24) is 0 Å². The van der Waals surface area contributed by atoms with E-state index in [1.807, 2.05) is 13.0 Å². The van der Waals surface area contributed by atoms with Crippen LogP contribution in [0.15, 0.2) is 42.5 Å². The lowest BCUT2D eigenvalue weighted by atomic mass is 10.2. The minimum Gasteiger partial charge on any atom is -0.506 e. The maximum atomic E-state index is 11.9. The van der Waals surface area contributed by atoms with Crippen LogP contribution in [0.1, 0.15) is 15.9 Å². The van der Waals surface area contributed by atoms with E-state index in [9.17, 15) is 9.90 Å². The zero-order valence-electron chi connectivity index (χ0n) is 9.77. The Morgan fingerprint density at radius 1 is 1.22 bits per heavy atom. The number of nitrogens with one attached hydrogen (secondary N) is 1. The second kappa shape index (κ2) is 5.10. The van der Waals surface area contributed by atoms with Crippen molar-refractivity contribution in [3.63, 3.8) is 0 Å². The van der Waals surface area contributed by atoms with Crippen LogP contribution in [-0.4, -0.2) is 11.0 Å². The molecule has 0 fully saturated rings. The van der Waals surface area contributed by atoms with Gasteiger partial charge in [-0.05, 0) is 42.8 Å². The quantitative estimate of drug-likeness (QED) is 0.812. The fourth-order valence-corrected chi connectivity index (χ4v) is 1.76. The molecule has 4 heteroatoms. The average molecular weight is 262 g/mol. The largest absolute Gasteiger partial charge is 0.506 e. The zero-order valence-corrected chi connectivity index (χ0v) is 10.5. The minimum atomic E-state index is -0.309. The predicted molar refractivity (Wildman–Crippen MR) is 72.2 cm³/mol. The smallest absolute Gasteiger partial charge is 0.255 e. The highest BCUT2D eigenvalue weighted by molar-refractivity contribution is 6.31. The monoisotopic (exact) mass is 261 g/mol. The molecule has 0 aromatic heterocycles. The van der Waals surface area contributed by atoms with Crippen LogP contribution in [0.5, 0.6) is 5.75 Å². The van der Waals surface area contributed by atoms with Crippen molar-refractivity contribution in [2.45, 2.75) is 6.92 Å². The first-order valence-corrected chi connectivity index (χ1v) is 5.80. The van der Waals surface area contributed by atoms with Gasteiger partial charge in [0.05, 0.1) is 5.69 Å². The van der Waals surface area contributed by atoms with Crippen LogP contribution in [0, 0.1) is 6.92 Å². The summed E-state index contributed by atoms with van der Waals surface area (Å²) < 4.78 is 0. The number of benzene rings is 2. The fourth-order valence-electron chi connectivity index (χ4n) is 1.57. The van der Waals surface area contributed by atoms with Gasteiger partial charge in [0.25, 0.3) is 5.91 Å². The SMILES string of the molecule is Cc1ccc(NC(=O)c2cccc(Cl)c2)c(O)c1. The number of halogens is 1. The highest BCUT2D eigenvalue weighted by atomic mass is 35.5. The van der Waals surface area contributed by atoms with E-state index < -0.39 is 0 Å². The molecule has 0 aliphatic heterocycles. The van der Waals surface area contributed by atoms with Crippen LogP contribution in [-0.2, 0) is 0 Å². The second-order valence-electron chi connectivity index (χ2n) is 3.99. The molecule has 0 unspecified atom stereocenters. The van der Waals surface area contributed by atoms with E-state index in [4.69, 9.17) is 11.6 Å². The number of aromatic hydroxyl groups is 1. The molecule has 0 spiro atoms. The van der Waals surface area contributed by atoms with E-state index in [-0.39, 0.29) is 11.7 Å². The van der Waals surface area contributed by atoms with Gasteiger partial charge in [0.2, 0.25) is 0 Å². The lowest BCUT2D eigenvalue weighted by Crippen LogP contribution is -2.11. The van der Waals surface area contributed by atoms with Crippen molar-refractivity contribution < 1.29 is 9.90 Å². The molecule has 0 bridgehead atoms. The van der Waals surface area contributed by atoms with E-state index in [1.165, 1.54) is 0 Å². The summed E-state index contributed by atoms with van der Waals surface area (Å²) in [6, 6.07) is 11.7. The molecule has 92 valence electrons. The zero-order chi connectivity index (χ0) is 13.1. The Balaban J connectivity index is 2.21. The first kappa shape index (κ1) is 12.5. The van der Waals surface area contributed by atoms with Crippen molar-refractivity contribution in [2.24, 2.45) is 0 Å². The standard InChI is InChI=1S/C14H12ClNO2/c1-9-5-6-12(13(17)7-9)16-14(18)10-3-2-4-11(15)8-10/h2-8,17H,1H3,(H,16,18). The maximum absolute atomic E-state index is 11.9. The summed E-state index contributed by atoms with van der Waals surface area (Å²) in [5.74, 6) is -0.262. The van der Waals surface area contributed by atoms with Crippen LogP contribution in [0.3, 0.4) is 0 Å². The first-order valence-electron chi connectivity index (χ1n) is 5.43. The molecular weight excluding hydrogens is 250 g/mol. The van der Waals surface area contributed by atoms with Crippen molar-refractivity contribution in [1.29, 1.82) is 0 Å². The number of hydrogen-bond acceptors (Lipinski definition) is 2. The van der Waals surface area contributed by atoms with Gasteiger partial charge in [-0.1, -0.05) is 23.7 Å². The summed E-state index contributed by atoms with van der Waals surface area (Å²) in [7, 11) is 0. The van der Waals surface area contributed by atoms with Crippen LogP contribution in [0.2, 0.25) is 5.02 Å². The third kappa shape index (κ3) is 2.81. The van der Waals surface area contributed by atoms with Gasteiger partial charge < -0.3 is 10.4 Å². The molecule has 0 heterocycles. The number of phenols is 1. The van der Waals surface area contributed by atoms with Gasteiger partial charge in [0, 0.05) is 10.6 Å². The average Bonchev–Trinajstić information content (AvgIpc) is 2.32. The normalized spacial score (nSPS) is 10.1. The lowest BCUT2D eigenvalue weighted by Gasteiger charge is -2.08. The molecule has 0 aliphatic rings. The molecule has 2 rings (SSSR count). The topological polar surface area (TPSA) is 49.3 Å². The minimum absolute atomic E-state index is 0.0466. The number of anilines is 1. The summed E-state index contributed by atoms with van der Waals surface area (Å²) in [5.41, 5.74) is 1.75. The summed E-state index contributed by atoms with van der Waals surface area (Å²) in [4.78, 5) is 11.9. The number of carbonyl (C=O) groups excluding carboxylic acids is 1. The maximum Gasteiger partial charge on any atom is 0.255 e. The number of carbonyl (C=O) groups is 1. The number of aryl methyl sites for hydroxylation is 1. The molecule has 18 heavy (non-hydrogen) atoms. The number of amides is 1. The van der Waals surface area contributed by atoms with Crippen molar-refractivity contribution in [2.75, 3.05) is 5.32 Å². The predicted octanol–water partition coefficient (Wildman–Crippen LogP) is 3.61. The molecule has 2 aromatic carbocycles. The molecule has 0 aliphatic carbocycles. The number of phenolic OH excluding ortho intramolecular Hbond substituents is 1. The lowest BCUT2D eigenvalue weighted by molar-refractivity contribution is 0.102. The van der Waals surface area contributed by atoms with Gasteiger partial charge in [-0.15, -0.1) is 0 Å². The molecule has 0 atom stereocenters. The Morgan fingerprint density at radius 2 is 2.00 bits per heavy atom. The molecular formula is C14H12ClNO2. The fraction of sp³-hybridized carbons (Fsp3) is 0.0714. The number of hydrogen-bond donors (Lipinski definition) is 2. The van der Waals surface area contributed by atoms with E-state index in [1.54, 1.807) is 36.4 Å². The van der Waals surface area contributed by atoms with Gasteiger partial charge >= 0.3 is 0 Å². The van der Waals surface area contributed by atoms with Crippen LogP contribution in [0.25, 0.3) is 0 Å². The third-order valence-corrected chi connectivity index (χ3v) is 2.72. The highest BCUT2D eigenvalue weighted by Crippen LogP contribution is 2.24. The molecule has 0 saturated heterocycles. The molecule has 0 saturated carbocycles. The Bertz CT molecular complexity index is 596. The summed E-state index contributed by atoms with van der Waals surface area (Å²) >= 11 is 5.81. The van der Waals surface area contributed by atoms with Crippen LogP contribution in [0.4, 0.5) is 5.69 Å². The van der Waals surface area contributed by atoms with Crippen molar-refractivity contribution in [3.8, 4) is 5.75 Å². The van der Waals surface area contributed by atoms with Crippen LogP contribution >= 0.6 is 11.6 Å². The number of rotatable bonds is 2. The Hall–Kier alpha value is -2.00. The van der Waals surface area contributed by atoms with E-state index in [2.05, 4.69) is 5.32 Å². The molecule has 0 radical (unpaired) electrons. The van der Waals surface area contributed by atoms with Crippen molar-refractivity contribution >= 4 is 23.2 Å². The van der Waals surface area contributed by atoms with Gasteiger partial charge in [-0.3, -0.25) is 4.79 Å². The summed E-state index contributed by atoms with van der Waals surface area (Å²) in [6.07, 6.45) is 0. The van der Waals surface area contributed by atoms with Gasteiger partial charge in [-0.25, -0.2) is 0 Å². The first-order chi connectivity index (χ1) is 8.56. The molecule has 2 aromatic rings. The summed E-state index contributed by atoms with van der Waals surface area (Å²) in [5, 5.41) is 12.8. The van der Waals surface area contributed by atoms with E-state index >= 15 is 0 Å². The van der Waals surface area contributed by atoms with E-state index in [0.717, 1.165) is 5.56 Å². The van der Waals surface area contributed by atoms with Crippen molar-refractivity contribution in [3.05, 3.63) is 58.6 Å². The van der Waals surface area contributed by atoms with Crippen LogP contribution < -0.4 is 5.32 Å². The highest BCUT2D eigenvalue weighted by Gasteiger charge is 2.09. The van der Waals surface area contributed by atoms with Gasteiger partial charge in [-0.2, -0.15) is 0 Å². The van der Waals surface area contributed by atoms with E-state index in [0.29, 0.717) is 16.3 Å². The second-order valence-corrected chi connectivity index (χ2v) is 4.42. The van der Waals surface area contributed by atoms with Gasteiger partial charge in [0.1, 0.15) is 5.75 Å². The molecule has 2 N–H and O–H groups in total. The molecule has 1 amide bonds. The third-order valence-electron chi connectivity index (χ3n) is 2.49.